The summed E-state index contributed by atoms with van der Waals surface area (Å²) in [7, 11) is 1.82. The van der Waals surface area contributed by atoms with Crippen LogP contribution in [0.4, 0.5) is 0 Å². The van der Waals surface area contributed by atoms with Gasteiger partial charge in [-0.2, -0.15) is 0 Å². The molecule has 1 atom stereocenters. The Morgan fingerprint density at radius 3 is 2.61 bits per heavy atom. The summed E-state index contributed by atoms with van der Waals surface area (Å²) in [6.07, 6.45) is 1.06. The Kier molecular flexibility index (Phi) is 5.28. The van der Waals surface area contributed by atoms with Crippen LogP contribution in [0.2, 0.25) is 0 Å². The Balaban J connectivity index is 2.83. The number of rotatable bonds is 5. The van der Waals surface area contributed by atoms with Gasteiger partial charge in [-0.15, -0.1) is 0 Å². The lowest BCUT2D eigenvalue weighted by molar-refractivity contribution is 0.0775. The molecule has 98 valence electrons. The van der Waals surface area contributed by atoms with E-state index in [0.717, 1.165) is 18.5 Å². The average Bonchev–Trinajstić information content (AvgIpc) is 2.37. The van der Waals surface area contributed by atoms with Gasteiger partial charge in [0.05, 0.1) is 0 Å². The lowest BCUT2D eigenvalue weighted by Gasteiger charge is -2.21. The zero-order chi connectivity index (χ0) is 13.7. The largest absolute Gasteiger partial charge is 0.389 e. The second-order valence-electron chi connectivity index (χ2n) is 4.64. The molecule has 0 aliphatic rings. The van der Waals surface area contributed by atoms with Crippen LogP contribution in [0.25, 0.3) is 0 Å². The van der Waals surface area contributed by atoms with E-state index in [1.165, 1.54) is 0 Å². The van der Waals surface area contributed by atoms with E-state index in [-0.39, 0.29) is 5.91 Å². The van der Waals surface area contributed by atoms with Crippen LogP contribution in [-0.4, -0.2) is 29.4 Å². The van der Waals surface area contributed by atoms with Crippen LogP contribution in [0.1, 0.15) is 36.2 Å². The summed E-state index contributed by atoms with van der Waals surface area (Å²) < 4.78 is 0. The topological polar surface area (TPSA) is 46.3 Å². The lowest BCUT2D eigenvalue weighted by atomic mass is 10.1. The van der Waals surface area contributed by atoms with Gasteiger partial charge in [0.2, 0.25) is 0 Å². The summed E-state index contributed by atoms with van der Waals surface area (Å²) in [6.45, 7) is 5.01. The van der Waals surface area contributed by atoms with Crippen LogP contribution in [0.5, 0.6) is 0 Å². The summed E-state index contributed by atoms with van der Waals surface area (Å²) in [5.74, 6) is 0.506. The van der Waals surface area contributed by atoms with Gasteiger partial charge in [0.1, 0.15) is 4.99 Å². The summed E-state index contributed by atoms with van der Waals surface area (Å²) in [5.41, 5.74) is 6.93. The first-order chi connectivity index (χ1) is 8.45. The third-order valence-electron chi connectivity index (χ3n) is 3.02. The second kappa shape index (κ2) is 6.50. The number of carbonyl (C=O) groups is 1. The van der Waals surface area contributed by atoms with Crippen molar-refractivity contribution in [3.05, 3.63) is 35.4 Å². The van der Waals surface area contributed by atoms with Gasteiger partial charge >= 0.3 is 0 Å². The minimum absolute atomic E-state index is 0.00778. The molecule has 2 N–H and O–H groups in total. The number of hydrogen-bond acceptors (Lipinski definition) is 2. The molecule has 4 heteroatoms. The maximum Gasteiger partial charge on any atom is 0.253 e. The Bertz CT molecular complexity index is 445. The van der Waals surface area contributed by atoms with Gasteiger partial charge in [0, 0.05) is 24.7 Å². The van der Waals surface area contributed by atoms with Crippen molar-refractivity contribution in [2.24, 2.45) is 11.7 Å². The van der Waals surface area contributed by atoms with Gasteiger partial charge in [0.25, 0.3) is 5.91 Å². The molecular weight excluding hydrogens is 244 g/mol. The molecule has 1 unspecified atom stereocenters. The summed E-state index contributed by atoms with van der Waals surface area (Å²) >= 11 is 4.92. The Morgan fingerprint density at radius 2 is 2.06 bits per heavy atom. The maximum absolute atomic E-state index is 12.2. The molecule has 0 fully saturated rings. The minimum atomic E-state index is 0.00778. The SMILES string of the molecule is CCC(C)CN(C)C(=O)c1cccc(C(N)=S)c1. The minimum Gasteiger partial charge on any atom is -0.389 e. The van der Waals surface area contributed by atoms with E-state index in [0.29, 0.717) is 16.5 Å². The van der Waals surface area contributed by atoms with Crippen LogP contribution in [0.15, 0.2) is 24.3 Å². The van der Waals surface area contributed by atoms with E-state index in [9.17, 15) is 4.79 Å². The fraction of sp³-hybridized carbons (Fsp3) is 0.429. The van der Waals surface area contributed by atoms with E-state index in [2.05, 4.69) is 13.8 Å². The molecule has 1 aromatic rings. The number of benzene rings is 1. The smallest absolute Gasteiger partial charge is 0.253 e. The Labute approximate surface area is 114 Å². The molecule has 0 saturated carbocycles. The predicted octanol–water partition coefficient (Wildman–Crippen LogP) is 2.44. The highest BCUT2D eigenvalue weighted by atomic mass is 32.1. The molecule has 18 heavy (non-hydrogen) atoms. The molecule has 1 rings (SSSR count). The van der Waals surface area contributed by atoms with E-state index < -0.39 is 0 Å². The lowest BCUT2D eigenvalue weighted by Crippen LogP contribution is -2.31. The molecule has 3 nitrogen and oxygen atoms in total. The van der Waals surface area contributed by atoms with Crippen LogP contribution in [-0.2, 0) is 0 Å². The van der Waals surface area contributed by atoms with Crippen molar-refractivity contribution in [2.75, 3.05) is 13.6 Å². The number of thiocarbonyl (C=S) groups is 1. The average molecular weight is 264 g/mol. The highest BCUT2D eigenvalue weighted by Crippen LogP contribution is 2.10. The molecule has 0 saturated heterocycles. The van der Waals surface area contributed by atoms with Gasteiger partial charge in [-0.3, -0.25) is 4.79 Å². The number of nitrogens with zero attached hydrogens (tertiary/aromatic N) is 1. The Morgan fingerprint density at radius 1 is 1.44 bits per heavy atom. The summed E-state index contributed by atoms with van der Waals surface area (Å²) in [5, 5.41) is 0. The molecule has 0 aliphatic heterocycles. The molecule has 0 heterocycles. The molecule has 0 spiro atoms. The molecule has 1 amide bonds. The molecule has 0 radical (unpaired) electrons. The first-order valence-corrected chi connectivity index (χ1v) is 6.51. The van der Waals surface area contributed by atoms with Gasteiger partial charge in [-0.25, -0.2) is 0 Å². The number of carbonyl (C=O) groups excluding carboxylic acids is 1. The van der Waals surface area contributed by atoms with Crippen LogP contribution < -0.4 is 5.73 Å². The molecule has 0 aliphatic carbocycles. The Hall–Kier alpha value is -1.42. The summed E-state index contributed by atoms with van der Waals surface area (Å²) in [6, 6.07) is 7.15. The van der Waals surface area contributed by atoms with Crippen molar-refractivity contribution in [3.63, 3.8) is 0 Å². The number of amides is 1. The maximum atomic E-state index is 12.2. The monoisotopic (exact) mass is 264 g/mol. The third-order valence-corrected chi connectivity index (χ3v) is 3.26. The van der Waals surface area contributed by atoms with Gasteiger partial charge in [-0.1, -0.05) is 44.6 Å². The second-order valence-corrected chi connectivity index (χ2v) is 5.08. The molecule has 0 aromatic heterocycles. The van der Waals surface area contributed by atoms with Gasteiger partial charge in [0.15, 0.2) is 0 Å². The van der Waals surface area contributed by atoms with Crippen molar-refractivity contribution in [1.82, 2.24) is 4.90 Å². The van der Waals surface area contributed by atoms with E-state index >= 15 is 0 Å². The molecular formula is C14H20N2OS. The first kappa shape index (κ1) is 14.6. The fourth-order valence-electron chi connectivity index (χ4n) is 1.71. The van der Waals surface area contributed by atoms with E-state index in [1.54, 1.807) is 23.1 Å². The molecule has 1 aromatic carbocycles. The molecule has 0 bridgehead atoms. The summed E-state index contributed by atoms with van der Waals surface area (Å²) in [4.78, 5) is 14.3. The first-order valence-electron chi connectivity index (χ1n) is 6.11. The van der Waals surface area contributed by atoms with Gasteiger partial charge in [-0.05, 0) is 18.1 Å². The quantitative estimate of drug-likeness (QED) is 0.831. The fourth-order valence-corrected chi connectivity index (χ4v) is 1.83. The zero-order valence-corrected chi connectivity index (χ0v) is 12.0. The van der Waals surface area contributed by atoms with Crippen molar-refractivity contribution in [2.45, 2.75) is 20.3 Å². The van der Waals surface area contributed by atoms with Crippen molar-refractivity contribution in [3.8, 4) is 0 Å². The van der Waals surface area contributed by atoms with Crippen LogP contribution >= 0.6 is 12.2 Å². The van der Waals surface area contributed by atoms with E-state index in [1.807, 2.05) is 13.1 Å². The van der Waals surface area contributed by atoms with Gasteiger partial charge < -0.3 is 10.6 Å². The number of hydrogen-bond donors (Lipinski definition) is 1. The highest BCUT2D eigenvalue weighted by molar-refractivity contribution is 7.80. The van der Waals surface area contributed by atoms with Crippen molar-refractivity contribution >= 4 is 23.1 Å². The standard InChI is InChI=1S/C14H20N2OS/c1-4-10(2)9-16(3)14(17)12-7-5-6-11(8-12)13(15)18/h5-8,10H,4,9H2,1-3H3,(H2,15,18). The predicted molar refractivity (Wildman–Crippen MR) is 78.7 cm³/mol. The van der Waals surface area contributed by atoms with Crippen molar-refractivity contribution in [1.29, 1.82) is 0 Å². The van der Waals surface area contributed by atoms with Crippen LogP contribution in [0, 0.1) is 5.92 Å². The zero-order valence-electron chi connectivity index (χ0n) is 11.1. The third kappa shape index (κ3) is 3.81. The number of nitrogens with two attached hydrogens (primary N) is 1. The van der Waals surface area contributed by atoms with E-state index in [4.69, 9.17) is 18.0 Å². The highest BCUT2D eigenvalue weighted by Gasteiger charge is 2.14. The van der Waals surface area contributed by atoms with Crippen molar-refractivity contribution < 1.29 is 4.79 Å². The van der Waals surface area contributed by atoms with Crippen LogP contribution in [0.3, 0.4) is 0 Å². The normalized spacial score (nSPS) is 11.9.